The van der Waals surface area contributed by atoms with Gasteiger partial charge in [-0.3, -0.25) is 9.78 Å². The topological polar surface area (TPSA) is 57.6 Å². The highest BCUT2D eigenvalue weighted by atomic mass is 16.2. The second kappa shape index (κ2) is 9.68. The van der Waals surface area contributed by atoms with Gasteiger partial charge in [0.25, 0.3) is 5.91 Å². The van der Waals surface area contributed by atoms with E-state index in [0.717, 1.165) is 61.3 Å². The van der Waals surface area contributed by atoms with Crippen molar-refractivity contribution in [3.05, 3.63) is 76.5 Å². The number of nitrogens with zero attached hydrogens (tertiary/aromatic N) is 3. The van der Waals surface area contributed by atoms with Gasteiger partial charge in [0.1, 0.15) is 0 Å². The summed E-state index contributed by atoms with van der Waals surface area (Å²) in [5, 5.41) is 4.54. The third-order valence-electron chi connectivity index (χ3n) is 8.69. The van der Waals surface area contributed by atoms with E-state index in [0.29, 0.717) is 11.8 Å². The molecule has 36 heavy (non-hydrogen) atoms. The highest BCUT2D eigenvalue weighted by Gasteiger charge is 2.30. The summed E-state index contributed by atoms with van der Waals surface area (Å²) in [6, 6.07) is 15.5. The molecule has 3 heterocycles. The second-order valence-corrected chi connectivity index (χ2v) is 11.0. The average Bonchev–Trinajstić information content (AvgIpc) is 3.22. The smallest absolute Gasteiger partial charge is 0.254 e. The van der Waals surface area contributed by atoms with Gasteiger partial charge in [0.05, 0.1) is 11.7 Å². The van der Waals surface area contributed by atoms with E-state index in [-0.39, 0.29) is 11.9 Å². The Hall–Kier alpha value is -3.21. The van der Waals surface area contributed by atoms with E-state index in [4.69, 9.17) is 0 Å². The van der Waals surface area contributed by atoms with Gasteiger partial charge in [-0.25, -0.2) is 0 Å². The van der Waals surface area contributed by atoms with Crippen LogP contribution in [0.1, 0.15) is 102 Å². The Morgan fingerprint density at radius 3 is 2.44 bits per heavy atom. The average molecular weight is 481 g/mol. The summed E-state index contributed by atoms with van der Waals surface area (Å²) in [6.07, 6.45) is 9.73. The number of likely N-dealkylation sites (tertiary alicyclic amines) is 1. The predicted molar refractivity (Wildman–Crippen MR) is 145 cm³/mol. The Labute approximate surface area is 214 Å². The number of hydrazone groups is 1. The van der Waals surface area contributed by atoms with Crippen molar-refractivity contribution in [2.75, 3.05) is 13.1 Å². The molecule has 3 aliphatic heterocycles. The van der Waals surface area contributed by atoms with Gasteiger partial charge in [-0.1, -0.05) is 30.7 Å². The van der Waals surface area contributed by atoms with Crippen LogP contribution in [0.2, 0.25) is 0 Å². The number of amides is 1. The summed E-state index contributed by atoms with van der Waals surface area (Å²) in [6.45, 7) is 5.80. The predicted octanol–water partition coefficient (Wildman–Crippen LogP) is 6.58. The van der Waals surface area contributed by atoms with Crippen molar-refractivity contribution in [2.45, 2.75) is 76.7 Å². The van der Waals surface area contributed by atoms with Crippen LogP contribution in [0.4, 0.5) is 0 Å². The minimum absolute atomic E-state index is 0.185. The minimum atomic E-state index is 0.185. The molecule has 1 saturated heterocycles. The van der Waals surface area contributed by atoms with Gasteiger partial charge in [-0.15, -0.1) is 0 Å². The molecule has 0 radical (unpaired) electrons. The highest BCUT2D eigenvalue weighted by molar-refractivity contribution is 5.96. The molecule has 0 aromatic heterocycles. The fourth-order valence-electron chi connectivity index (χ4n) is 6.15. The Morgan fingerprint density at radius 1 is 0.917 bits per heavy atom. The maximum atomic E-state index is 13.8. The largest absolute Gasteiger partial charge is 0.339 e. The van der Waals surface area contributed by atoms with Gasteiger partial charge in [0.15, 0.2) is 0 Å². The lowest BCUT2D eigenvalue weighted by atomic mass is 9.75. The van der Waals surface area contributed by atoms with Gasteiger partial charge in [0.2, 0.25) is 0 Å². The summed E-state index contributed by atoms with van der Waals surface area (Å²) in [5.41, 5.74) is 12.8. The van der Waals surface area contributed by atoms with Crippen molar-refractivity contribution in [1.29, 1.82) is 0 Å². The van der Waals surface area contributed by atoms with Crippen LogP contribution in [-0.2, 0) is 0 Å². The number of carbonyl (C=O) groups is 1. The number of benzene rings is 1. The lowest BCUT2D eigenvalue weighted by Crippen LogP contribution is -2.38. The maximum Gasteiger partial charge on any atom is 0.254 e. The molecule has 5 nitrogen and oxygen atoms in total. The SMILES string of the molecule is CC1=NNC(c2cc(C(=O)N3CCC(c4ccc5ccnc-5cc4)CC3)c(C)cc2C2CCC2)CC1. The van der Waals surface area contributed by atoms with E-state index in [1.165, 1.54) is 41.5 Å². The van der Waals surface area contributed by atoms with Crippen LogP contribution in [-0.4, -0.2) is 34.6 Å². The molecule has 5 aliphatic rings. The van der Waals surface area contributed by atoms with Crippen LogP contribution >= 0.6 is 0 Å². The number of hydrogen-bond acceptors (Lipinski definition) is 4. The zero-order valence-electron chi connectivity index (χ0n) is 21.5. The molecule has 0 bridgehead atoms. The molecule has 1 N–H and O–H groups in total. The fraction of sp³-hybridized carbons (Fsp3) is 0.452. The zero-order valence-corrected chi connectivity index (χ0v) is 21.5. The number of carbonyl (C=O) groups excluding carboxylic acids is 1. The number of nitrogens with one attached hydrogen (secondary N) is 1. The van der Waals surface area contributed by atoms with Crippen LogP contribution in [0.5, 0.6) is 0 Å². The first-order valence-electron chi connectivity index (χ1n) is 13.6. The van der Waals surface area contributed by atoms with Gasteiger partial charge >= 0.3 is 0 Å². The maximum absolute atomic E-state index is 13.8. The second-order valence-electron chi connectivity index (χ2n) is 11.0. The van der Waals surface area contributed by atoms with E-state index >= 15 is 0 Å². The molecule has 5 heteroatoms. The normalized spacial score (nSPS) is 21.1. The lowest BCUT2D eigenvalue weighted by molar-refractivity contribution is 0.0712. The zero-order chi connectivity index (χ0) is 24.6. The van der Waals surface area contributed by atoms with E-state index < -0.39 is 0 Å². The monoisotopic (exact) mass is 480 g/mol. The Balaban J connectivity index is 1.21. The van der Waals surface area contributed by atoms with Crippen molar-refractivity contribution < 1.29 is 4.79 Å². The summed E-state index contributed by atoms with van der Waals surface area (Å²) in [4.78, 5) is 20.3. The standard InChI is InChI=1S/C31H36N4O/c1-20-18-27(24-4-3-5-24)28(30-10-6-21(2)33-34-30)19-26(20)31(36)35-16-13-23(14-17-35)22-7-8-25-12-15-32-29(25)11-9-22/h7-9,11-12,15,18-19,23-24,30,34H,3-6,10,13-14,16-17H2,1-2H3. The number of fused-ring (bicyclic) bond motifs is 1. The number of aromatic nitrogens is 1. The van der Waals surface area contributed by atoms with E-state index in [1.807, 2.05) is 6.20 Å². The van der Waals surface area contributed by atoms with Crippen LogP contribution < -0.4 is 5.43 Å². The van der Waals surface area contributed by atoms with Gasteiger partial charge in [0, 0.05) is 36.1 Å². The van der Waals surface area contributed by atoms with Crippen molar-refractivity contribution >= 4 is 11.6 Å². The molecule has 6 rings (SSSR count). The van der Waals surface area contributed by atoms with Gasteiger partial charge in [-0.05, 0) is 105 Å². The molecular weight excluding hydrogens is 444 g/mol. The summed E-state index contributed by atoms with van der Waals surface area (Å²) < 4.78 is 0. The Kier molecular flexibility index (Phi) is 6.24. The summed E-state index contributed by atoms with van der Waals surface area (Å²) >= 11 is 0. The van der Waals surface area contributed by atoms with Crippen molar-refractivity contribution in [2.24, 2.45) is 5.10 Å². The molecule has 1 aromatic rings. The van der Waals surface area contributed by atoms with Gasteiger partial charge < -0.3 is 10.3 Å². The third kappa shape index (κ3) is 4.40. The molecule has 0 spiro atoms. The number of aryl methyl sites for hydroxylation is 1. The van der Waals surface area contributed by atoms with Gasteiger partial charge in [-0.2, -0.15) is 5.10 Å². The van der Waals surface area contributed by atoms with Crippen LogP contribution in [0.25, 0.3) is 11.3 Å². The number of piperidine rings is 1. The molecule has 1 atom stereocenters. The summed E-state index contributed by atoms with van der Waals surface area (Å²) in [5.74, 6) is 1.30. The molecule has 1 unspecified atom stereocenters. The molecule has 2 fully saturated rings. The Bertz CT molecular complexity index is 1240. The number of rotatable bonds is 4. The summed E-state index contributed by atoms with van der Waals surface area (Å²) in [7, 11) is 0. The molecule has 1 saturated carbocycles. The molecule has 1 aromatic carbocycles. The molecule has 186 valence electrons. The highest BCUT2D eigenvalue weighted by Crippen LogP contribution is 2.42. The molecule has 2 aliphatic carbocycles. The minimum Gasteiger partial charge on any atom is -0.339 e. The number of hydrogen-bond donors (Lipinski definition) is 1. The van der Waals surface area contributed by atoms with E-state index in [2.05, 4.69) is 76.7 Å². The van der Waals surface area contributed by atoms with E-state index in [9.17, 15) is 4.79 Å². The van der Waals surface area contributed by atoms with Crippen LogP contribution in [0.15, 0.2) is 53.8 Å². The first kappa shape index (κ1) is 23.2. The van der Waals surface area contributed by atoms with Crippen molar-refractivity contribution in [1.82, 2.24) is 15.3 Å². The van der Waals surface area contributed by atoms with E-state index in [1.54, 1.807) is 0 Å². The van der Waals surface area contributed by atoms with Crippen molar-refractivity contribution in [3.8, 4) is 11.3 Å². The fourth-order valence-corrected chi connectivity index (χ4v) is 6.15. The Morgan fingerprint density at radius 2 is 1.72 bits per heavy atom. The van der Waals surface area contributed by atoms with Crippen molar-refractivity contribution in [3.63, 3.8) is 0 Å². The lowest BCUT2D eigenvalue weighted by Gasteiger charge is -2.34. The first-order chi connectivity index (χ1) is 17.6. The first-order valence-corrected chi connectivity index (χ1v) is 13.6. The van der Waals surface area contributed by atoms with Crippen LogP contribution in [0.3, 0.4) is 0 Å². The third-order valence-corrected chi connectivity index (χ3v) is 8.69. The molecule has 1 amide bonds. The van der Waals surface area contributed by atoms with Crippen LogP contribution in [0, 0.1) is 6.92 Å². The quantitative estimate of drug-likeness (QED) is 0.459. The molecular formula is C31H36N4O.